The van der Waals surface area contributed by atoms with Crippen LogP contribution in [0.2, 0.25) is 0 Å². The van der Waals surface area contributed by atoms with Crippen LogP contribution in [0.3, 0.4) is 0 Å². The van der Waals surface area contributed by atoms with E-state index in [2.05, 4.69) is 69.4 Å². The average Bonchev–Trinajstić information content (AvgIpc) is 3.21. The lowest BCUT2D eigenvalue weighted by atomic mass is 10.0. The lowest BCUT2D eigenvalue weighted by Crippen LogP contribution is -2.30. The zero-order valence-corrected chi connectivity index (χ0v) is 37.6. The smallest absolute Gasteiger partial charge is 0.306 e. The van der Waals surface area contributed by atoms with Crippen LogP contribution in [0.4, 0.5) is 0 Å². The maximum Gasteiger partial charge on any atom is 0.306 e. The van der Waals surface area contributed by atoms with Gasteiger partial charge in [-0.2, -0.15) is 0 Å². The molecular weight excluding hydrogens is 709 g/mol. The quantitative estimate of drug-likeness (QED) is 0.0265. The van der Waals surface area contributed by atoms with E-state index < -0.39 is 6.10 Å². The van der Waals surface area contributed by atoms with Gasteiger partial charge in [0.15, 0.2) is 6.10 Å². The molecular formula is C51H90O6. The minimum absolute atomic E-state index is 0.0892. The van der Waals surface area contributed by atoms with Crippen molar-refractivity contribution in [2.24, 2.45) is 0 Å². The Morgan fingerprint density at radius 1 is 0.368 bits per heavy atom. The molecule has 0 aromatic heterocycles. The highest BCUT2D eigenvalue weighted by molar-refractivity contribution is 5.71. The molecule has 6 nitrogen and oxygen atoms in total. The number of carbonyl (C=O) groups excluding carboxylic acids is 3. The van der Waals surface area contributed by atoms with E-state index in [1.807, 2.05) is 0 Å². The number of allylic oxidation sites excluding steroid dienone is 8. The molecule has 0 aliphatic carbocycles. The Hall–Kier alpha value is -2.63. The summed E-state index contributed by atoms with van der Waals surface area (Å²) in [6, 6.07) is 0. The summed E-state index contributed by atoms with van der Waals surface area (Å²) in [6.07, 6.45) is 53.8. The van der Waals surface area contributed by atoms with Crippen molar-refractivity contribution in [2.75, 3.05) is 13.2 Å². The molecule has 0 radical (unpaired) electrons. The molecule has 330 valence electrons. The molecule has 57 heavy (non-hydrogen) atoms. The monoisotopic (exact) mass is 799 g/mol. The zero-order chi connectivity index (χ0) is 41.5. The summed E-state index contributed by atoms with van der Waals surface area (Å²) in [5.41, 5.74) is 0. The van der Waals surface area contributed by atoms with Crippen LogP contribution in [0, 0.1) is 0 Å². The predicted octanol–water partition coefficient (Wildman–Crippen LogP) is 15.5. The molecule has 0 aliphatic heterocycles. The van der Waals surface area contributed by atoms with Crippen LogP contribution < -0.4 is 0 Å². The molecule has 0 fully saturated rings. The summed E-state index contributed by atoms with van der Waals surface area (Å²) >= 11 is 0. The third kappa shape index (κ3) is 44.3. The van der Waals surface area contributed by atoms with Gasteiger partial charge in [-0.15, -0.1) is 0 Å². The molecule has 1 unspecified atom stereocenters. The fraction of sp³-hybridized carbons (Fsp3) is 0.784. The van der Waals surface area contributed by atoms with Crippen molar-refractivity contribution >= 4 is 17.9 Å². The molecule has 0 saturated heterocycles. The third-order valence-corrected chi connectivity index (χ3v) is 10.3. The second-order valence-corrected chi connectivity index (χ2v) is 16.0. The van der Waals surface area contributed by atoms with Crippen LogP contribution in [0.15, 0.2) is 48.6 Å². The standard InChI is InChI=1S/C51H90O6/c1-4-7-10-13-16-19-22-25-26-27-30-32-35-38-41-44-50(53)56-47-48(57-51(54)45-42-39-36-33-29-24-21-18-15-12-9-6-3)46-55-49(52)43-40-37-34-31-28-23-20-17-14-11-8-5-2/h9,12,17-18,20-21,29,33,48H,4-8,10-11,13-16,19,22-28,30-32,34-47H2,1-3H3/b12-9-,20-17-,21-18-,33-29-. The third-order valence-electron chi connectivity index (χ3n) is 10.3. The molecule has 0 N–H and O–H groups in total. The first kappa shape index (κ1) is 54.4. The average molecular weight is 799 g/mol. The van der Waals surface area contributed by atoms with E-state index in [0.717, 1.165) is 77.0 Å². The van der Waals surface area contributed by atoms with Gasteiger partial charge in [0.1, 0.15) is 13.2 Å². The van der Waals surface area contributed by atoms with E-state index in [4.69, 9.17) is 14.2 Å². The van der Waals surface area contributed by atoms with Crippen LogP contribution in [-0.4, -0.2) is 37.2 Å². The fourth-order valence-corrected chi connectivity index (χ4v) is 6.69. The molecule has 0 saturated carbocycles. The molecule has 6 heteroatoms. The SMILES string of the molecule is CC/C=C\C/C=C\C/C=C\CCCCC(=O)OC(COC(=O)CCCCCCC/C=C\CCCCC)COC(=O)CCCCCCCCCCCCCCCCC. The van der Waals surface area contributed by atoms with Gasteiger partial charge in [-0.25, -0.2) is 0 Å². The Bertz CT molecular complexity index is 1010. The van der Waals surface area contributed by atoms with Gasteiger partial charge in [-0.1, -0.05) is 191 Å². The second kappa shape index (κ2) is 46.1. The minimum Gasteiger partial charge on any atom is -0.462 e. The Labute approximate surface area is 352 Å². The van der Waals surface area contributed by atoms with Crippen LogP contribution in [-0.2, 0) is 28.6 Å². The second-order valence-electron chi connectivity index (χ2n) is 16.0. The van der Waals surface area contributed by atoms with E-state index >= 15 is 0 Å². The number of carbonyl (C=O) groups is 3. The predicted molar refractivity (Wildman–Crippen MR) is 242 cm³/mol. The number of rotatable bonds is 43. The van der Waals surface area contributed by atoms with Gasteiger partial charge in [0.2, 0.25) is 0 Å². The molecule has 0 aromatic rings. The Morgan fingerprint density at radius 3 is 1.16 bits per heavy atom. The van der Waals surface area contributed by atoms with Gasteiger partial charge in [0.05, 0.1) is 0 Å². The van der Waals surface area contributed by atoms with Crippen molar-refractivity contribution < 1.29 is 28.6 Å². The van der Waals surface area contributed by atoms with Crippen LogP contribution >= 0.6 is 0 Å². The van der Waals surface area contributed by atoms with Gasteiger partial charge in [0, 0.05) is 19.3 Å². The highest BCUT2D eigenvalue weighted by Crippen LogP contribution is 2.15. The van der Waals surface area contributed by atoms with Crippen molar-refractivity contribution in [3.05, 3.63) is 48.6 Å². The molecule has 0 aromatic carbocycles. The van der Waals surface area contributed by atoms with Crippen molar-refractivity contribution in [1.29, 1.82) is 0 Å². The first-order valence-electron chi connectivity index (χ1n) is 24.1. The maximum absolute atomic E-state index is 12.7. The van der Waals surface area contributed by atoms with Gasteiger partial charge in [-0.05, 0) is 77.0 Å². The Morgan fingerprint density at radius 2 is 0.684 bits per heavy atom. The van der Waals surface area contributed by atoms with Gasteiger partial charge in [0.25, 0.3) is 0 Å². The summed E-state index contributed by atoms with van der Waals surface area (Å²) in [4.78, 5) is 37.8. The van der Waals surface area contributed by atoms with E-state index in [1.54, 1.807) is 0 Å². The van der Waals surface area contributed by atoms with Crippen LogP contribution in [0.5, 0.6) is 0 Å². The molecule has 0 bridgehead atoms. The van der Waals surface area contributed by atoms with E-state index in [0.29, 0.717) is 19.3 Å². The topological polar surface area (TPSA) is 78.9 Å². The number of hydrogen-bond acceptors (Lipinski definition) is 6. The first-order chi connectivity index (χ1) is 28.0. The number of esters is 3. The van der Waals surface area contributed by atoms with Gasteiger partial charge < -0.3 is 14.2 Å². The largest absolute Gasteiger partial charge is 0.462 e. The number of unbranched alkanes of at least 4 members (excludes halogenated alkanes) is 24. The van der Waals surface area contributed by atoms with Crippen LogP contribution in [0.25, 0.3) is 0 Å². The van der Waals surface area contributed by atoms with Crippen molar-refractivity contribution in [2.45, 2.75) is 245 Å². The minimum atomic E-state index is -0.791. The first-order valence-corrected chi connectivity index (χ1v) is 24.1. The molecule has 0 spiro atoms. The zero-order valence-electron chi connectivity index (χ0n) is 37.6. The van der Waals surface area contributed by atoms with Crippen molar-refractivity contribution in [3.8, 4) is 0 Å². The lowest BCUT2D eigenvalue weighted by molar-refractivity contribution is -0.167. The molecule has 0 amide bonds. The lowest BCUT2D eigenvalue weighted by Gasteiger charge is -2.18. The van der Waals surface area contributed by atoms with Crippen molar-refractivity contribution in [3.63, 3.8) is 0 Å². The Balaban J connectivity index is 4.40. The van der Waals surface area contributed by atoms with E-state index in [-0.39, 0.29) is 37.5 Å². The van der Waals surface area contributed by atoms with Gasteiger partial charge >= 0.3 is 17.9 Å². The molecule has 0 aliphatic rings. The van der Waals surface area contributed by atoms with Crippen molar-refractivity contribution in [1.82, 2.24) is 0 Å². The summed E-state index contributed by atoms with van der Waals surface area (Å²) in [6.45, 7) is 6.46. The molecule has 1 atom stereocenters. The molecule has 0 rings (SSSR count). The number of ether oxygens (including phenoxy) is 3. The summed E-state index contributed by atoms with van der Waals surface area (Å²) in [5, 5.41) is 0. The van der Waals surface area contributed by atoms with E-state index in [9.17, 15) is 14.4 Å². The van der Waals surface area contributed by atoms with Crippen LogP contribution in [0.1, 0.15) is 239 Å². The maximum atomic E-state index is 12.7. The summed E-state index contributed by atoms with van der Waals surface area (Å²) in [7, 11) is 0. The van der Waals surface area contributed by atoms with Gasteiger partial charge in [-0.3, -0.25) is 14.4 Å². The Kier molecular flexibility index (Phi) is 43.9. The highest BCUT2D eigenvalue weighted by atomic mass is 16.6. The highest BCUT2D eigenvalue weighted by Gasteiger charge is 2.19. The normalized spacial score (nSPS) is 12.4. The summed E-state index contributed by atoms with van der Waals surface area (Å²) < 4.78 is 16.7. The van der Waals surface area contributed by atoms with E-state index in [1.165, 1.54) is 116 Å². The number of hydrogen-bond donors (Lipinski definition) is 0. The fourth-order valence-electron chi connectivity index (χ4n) is 6.69. The molecule has 0 heterocycles. The summed E-state index contributed by atoms with van der Waals surface area (Å²) in [5.74, 6) is -0.935.